The predicted octanol–water partition coefficient (Wildman–Crippen LogP) is 3.27. The summed E-state index contributed by atoms with van der Waals surface area (Å²) in [7, 11) is -3.57. The van der Waals surface area contributed by atoms with Gasteiger partial charge in [-0.15, -0.1) is 0 Å². The molecular weight excluding hydrogens is 388 g/mol. The number of amides is 1. The molecule has 7 heteroatoms. The first-order valence-corrected chi connectivity index (χ1v) is 11.5. The van der Waals surface area contributed by atoms with Gasteiger partial charge in [0.2, 0.25) is 15.9 Å². The number of piperidine rings is 1. The van der Waals surface area contributed by atoms with Crippen molar-refractivity contribution in [2.45, 2.75) is 51.9 Å². The summed E-state index contributed by atoms with van der Waals surface area (Å²) >= 11 is 0. The number of furan rings is 1. The van der Waals surface area contributed by atoms with E-state index in [0.717, 1.165) is 28.0 Å². The first kappa shape index (κ1) is 21.6. The first-order chi connectivity index (χ1) is 13.7. The molecule has 158 valence electrons. The minimum absolute atomic E-state index is 0.00707. The molecule has 1 amide bonds. The van der Waals surface area contributed by atoms with Crippen LogP contribution in [0.4, 0.5) is 0 Å². The van der Waals surface area contributed by atoms with Crippen molar-refractivity contribution in [2.75, 3.05) is 19.6 Å². The maximum absolute atomic E-state index is 13.3. The Morgan fingerprint density at radius 1 is 1.14 bits per heavy atom. The summed E-state index contributed by atoms with van der Waals surface area (Å²) < 4.78 is 33.5. The zero-order valence-corrected chi connectivity index (χ0v) is 18.4. The third kappa shape index (κ3) is 4.56. The molecule has 1 N–H and O–H groups in total. The molecule has 0 bridgehead atoms. The number of nitrogens with zero attached hydrogens (tertiary/aromatic N) is 1. The van der Waals surface area contributed by atoms with Crippen molar-refractivity contribution in [3.05, 3.63) is 52.5 Å². The monoisotopic (exact) mass is 418 g/mol. The molecule has 3 rings (SSSR count). The molecule has 1 fully saturated rings. The molecular formula is C22H30N2O4S. The summed E-state index contributed by atoms with van der Waals surface area (Å²) in [5.41, 5.74) is 3.59. The highest BCUT2D eigenvalue weighted by atomic mass is 32.2. The van der Waals surface area contributed by atoms with E-state index >= 15 is 0 Å². The SMILES string of the molecule is Cc1cc(C)c(C)c(S(=O)(=O)N2CCC(C(=O)NCCc3ccco3)CC2)c1C. The fourth-order valence-electron chi connectivity index (χ4n) is 3.96. The standard InChI is InChI=1S/C22H30N2O4S/c1-15-14-16(2)18(4)21(17(15)3)29(26,27)24-11-8-19(9-12-24)22(25)23-10-7-20-6-5-13-28-20/h5-6,13-14,19H,7-12H2,1-4H3,(H,23,25). The summed E-state index contributed by atoms with van der Waals surface area (Å²) in [4.78, 5) is 12.9. The van der Waals surface area contributed by atoms with Crippen molar-refractivity contribution in [1.29, 1.82) is 0 Å². The Kier molecular flexibility index (Phi) is 6.49. The molecule has 2 aromatic rings. The molecule has 1 aromatic heterocycles. The molecule has 1 aromatic carbocycles. The van der Waals surface area contributed by atoms with E-state index in [9.17, 15) is 13.2 Å². The second kappa shape index (κ2) is 8.71. The van der Waals surface area contributed by atoms with Crippen molar-refractivity contribution in [3.63, 3.8) is 0 Å². The second-order valence-electron chi connectivity index (χ2n) is 7.89. The van der Waals surface area contributed by atoms with Crippen molar-refractivity contribution in [2.24, 2.45) is 5.92 Å². The van der Waals surface area contributed by atoms with Gasteiger partial charge in [-0.2, -0.15) is 4.31 Å². The molecule has 0 spiro atoms. The fourth-order valence-corrected chi connectivity index (χ4v) is 6.01. The quantitative estimate of drug-likeness (QED) is 0.781. The van der Waals surface area contributed by atoms with E-state index in [-0.39, 0.29) is 11.8 Å². The molecule has 1 aliphatic heterocycles. The summed E-state index contributed by atoms with van der Waals surface area (Å²) in [5, 5.41) is 2.94. The Hall–Kier alpha value is -2.12. The van der Waals surface area contributed by atoms with Crippen molar-refractivity contribution in [1.82, 2.24) is 9.62 Å². The van der Waals surface area contributed by atoms with Crippen molar-refractivity contribution in [3.8, 4) is 0 Å². The lowest BCUT2D eigenvalue weighted by atomic mass is 9.97. The van der Waals surface area contributed by atoms with Gasteiger partial charge in [0.25, 0.3) is 0 Å². The zero-order chi connectivity index (χ0) is 21.2. The lowest BCUT2D eigenvalue weighted by Crippen LogP contribution is -2.43. The zero-order valence-electron chi connectivity index (χ0n) is 17.6. The van der Waals surface area contributed by atoms with Gasteiger partial charge in [-0.1, -0.05) is 6.07 Å². The average molecular weight is 419 g/mol. The van der Waals surface area contributed by atoms with Crippen LogP contribution in [-0.2, 0) is 21.2 Å². The van der Waals surface area contributed by atoms with Gasteiger partial charge in [0, 0.05) is 32.0 Å². The molecule has 29 heavy (non-hydrogen) atoms. The lowest BCUT2D eigenvalue weighted by Gasteiger charge is -2.31. The molecule has 1 aliphatic rings. The van der Waals surface area contributed by atoms with E-state index in [1.807, 2.05) is 45.9 Å². The first-order valence-electron chi connectivity index (χ1n) is 10.1. The topological polar surface area (TPSA) is 79.6 Å². The highest BCUT2D eigenvalue weighted by molar-refractivity contribution is 7.89. The number of hydrogen-bond acceptors (Lipinski definition) is 4. The van der Waals surface area contributed by atoms with E-state index in [0.29, 0.717) is 43.8 Å². The molecule has 0 aliphatic carbocycles. The number of rotatable bonds is 6. The summed E-state index contributed by atoms with van der Waals surface area (Å²) in [6, 6.07) is 5.74. The van der Waals surface area contributed by atoms with E-state index in [1.54, 1.807) is 6.26 Å². The number of benzene rings is 1. The Morgan fingerprint density at radius 2 is 1.76 bits per heavy atom. The van der Waals surface area contributed by atoms with Gasteiger partial charge in [-0.3, -0.25) is 4.79 Å². The Labute approximate surface area is 173 Å². The van der Waals surface area contributed by atoms with Crippen LogP contribution in [0.1, 0.15) is 40.9 Å². The number of sulfonamides is 1. The smallest absolute Gasteiger partial charge is 0.243 e. The van der Waals surface area contributed by atoms with Gasteiger partial charge >= 0.3 is 0 Å². The van der Waals surface area contributed by atoms with E-state index in [1.165, 1.54) is 4.31 Å². The summed E-state index contributed by atoms with van der Waals surface area (Å²) in [6.45, 7) is 8.88. The van der Waals surface area contributed by atoms with Crippen molar-refractivity contribution < 1.29 is 17.6 Å². The van der Waals surface area contributed by atoms with Crippen LogP contribution in [0.15, 0.2) is 33.8 Å². The second-order valence-corrected chi connectivity index (χ2v) is 9.76. The van der Waals surface area contributed by atoms with Gasteiger partial charge in [0.15, 0.2) is 0 Å². The van der Waals surface area contributed by atoms with Crippen LogP contribution in [-0.4, -0.2) is 38.3 Å². The molecule has 6 nitrogen and oxygen atoms in total. The van der Waals surface area contributed by atoms with E-state index < -0.39 is 10.0 Å². The number of carbonyl (C=O) groups excluding carboxylic acids is 1. The largest absolute Gasteiger partial charge is 0.469 e. The van der Waals surface area contributed by atoms with Gasteiger partial charge in [0.1, 0.15) is 5.76 Å². The number of aryl methyl sites for hydroxylation is 2. The van der Waals surface area contributed by atoms with E-state index in [2.05, 4.69) is 5.32 Å². The minimum atomic E-state index is -3.57. The average Bonchev–Trinajstić information content (AvgIpc) is 3.20. The van der Waals surface area contributed by atoms with Crippen LogP contribution in [0.25, 0.3) is 0 Å². The van der Waals surface area contributed by atoms with Crippen LogP contribution in [0.2, 0.25) is 0 Å². The molecule has 2 heterocycles. The number of hydrogen-bond donors (Lipinski definition) is 1. The Morgan fingerprint density at radius 3 is 2.31 bits per heavy atom. The van der Waals surface area contributed by atoms with Gasteiger partial charge in [-0.25, -0.2) is 8.42 Å². The number of nitrogens with one attached hydrogen (secondary N) is 1. The van der Waals surface area contributed by atoms with E-state index in [4.69, 9.17) is 4.42 Å². The fraction of sp³-hybridized carbons (Fsp3) is 0.500. The highest BCUT2D eigenvalue weighted by Gasteiger charge is 2.34. The molecule has 0 atom stereocenters. The van der Waals surface area contributed by atoms with Crippen LogP contribution in [0, 0.1) is 33.6 Å². The van der Waals surface area contributed by atoms with Crippen LogP contribution < -0.4 is 5.32 Å². The molecule has 0 unspecified atom stereocenters. The third-order valence-corrected chi connectivity index (χ3v) is 8.14. The molecule has 1 saturated heterocycles. The number of carbonyl (C=O) groups is 1. The predicted molar refractivity (Wildman–Crippen MR) is 112 cm³/mol. The maximum Gasteiger partial charge on any atom is 0.243 e. The summed E-state index contributed by atoms with van der Waals surface area (Å²) in [5.74, 6) is 0.678. The van der Waals surface area contributed by atoms with Crippen LogP contribution in [0.3, 0.4) is 0 Å². The Bertz CT molecular complexity index is 946. The molecule has 0 saturated carbocycles. The third-order valence-electron chi connectivity index (χ3n) is 5.97. The van der Waals surface area contributed by atoms with Gasteiger partial charge < -0.3 is 9.73 Å². The Balaban J connectivity index is 1.62. The lowest BCUT2D eigenvalue weighted by molar-refractivity contribution is -0.126. The van der Waals surface area contributed by atoms with Crippen LogP contribution in [0.5, 0.6) is 0 Å². The highest BCUT2D eigenvalue weighted by Crippen LogP contribution is 2.31. The summed E-state index contributed by atoms with van der Waals surface area (Å²) in [6.07, 6.45) is 3.34. The van der Waals surface area contributed by atoms with Gasteiger partial charge in [-0.05, 0) is 74.9 Å². The minimum Gasteiger partial charge on any atom is -0.469 e. The van der Waals surface area contributed by atoms with Crippen molar-refractivity contribution >= 4 is 15.9 Å². The normalized spacial score (nSPS) is 16.1. The van der Waals surface area contributed by atoms with Gasteiger partial charge in [0.05, 0.1) is 11.2 Å². The van der Waals surface area contributed by atoms with Crippen LogP contribution >= 0.6 is 0 Å². The maximum atomic E-state index is 13.3. The molecule has 0 radical (unpaired) electrons.